The number of rotatable bonds is 6. The van der Waals surface area contributed by atoms with Crippen molar-refractivity contribution in [3.05, 3.63) is 0 Å². The van der Waals surface area contributed by atoms with Crippen molar-refractivity contribution in [1.82, 2.24) is 5.32 Å². The zero-order valence-electron chi connectivity index (χ0n) is 12.2. The quantitative estimate of drug-likeness (QED) is 0.680. The number of amides is 2. The molecule has 2 saturated carbocycles. The fourth-order valence-corrected chi connectivity index (χ4v) is 3.49. The van der Waals surface area contributed by atoms with Gasteiger partial charge in [-0.15, -0.1) is 0 Å². The minimum absolute atomic E-state index is 0.140. The molecule has 118 valence electrons. The monoisotopic (exact) mass is 296 g/mol. The number of carboxylic acids is 1. The van der Waals surface area contributed by atoms with Crippen LogP contribution in [0.25, 0.3) is 0 Å². The van der Waals surface area contributed by atoms with E-state index in [4.69, 9.17) is 10.8 Å². The highest BCUT2D eigenvalue weighted by atomic mass is 16.4. The molecule has 0 saturated heterocycles. The van der Waals surface area contributed by atoms with Crippen LogP contribution in [-0.2, 0) is 14.4 Å². The van der Waals surface area contributed by atoms with Gasteiger partial charge >= 0.3 is 5.97 Å². The van der Waals surface area contributed by atoms with E-state index < -0.39 is 23.7 Å². The van der Waals surface area contributed by atoms with Crippen LogP contribution in [0.2, 0.25) is 0 Å². The van der Waals surface area contributed by atoms with Crippen molar-refractivity contribution in [2.24, 2.45) is 23.5 Å². The van der Waals surface area contributed by atoms with Gasteiger partial charge in [0.15, 0.2) is 0 Å². The number of nitrogens with two attached hydrogens (primary N) is 1. The van der Waals surface area contributed by atoms with Crippen LogP contribution in [0.15, 0.2) is 0 Å². The Hall–Kier alpha value is -1.59. The molecule has 0 aliphatic heterocycles. The maximum Gasteiger partial charge on any atom is 0.307 e. The first-order valence-electron chi connectivity index (χ1n) is 7.80. The van der Waals surface area contributed by atoms with Crippen molar-refractivity contribution in [3.63, 3.8) is 0 Å². The molecule has 3 unspecified atom stereocenters. The van der Waals surface area contributed by atoms with Crippen LogP contribution >= 0.6 is 0 Å². The van der Waals surface area contributed by atoms with Gasteiger partial charge in [-0.1, -0.05) is 19.3 Å². The predicted molar refractivity (Wildman–Crippen MR) is 76.2 cm³/mol. The summed E-state index contributed by atoms with van der Waals surface area (Å²) in [6.45, 7) is 0. The zero-order chi connectivity index (χ0) is 15.4. The number of hydrogen-bond donors (Lipinski definition) is 3. The fourth-order valence-electron chi connectivity index (χ4n) is 3.49. The molecule has 0 spiro atoms. The molecular formula is C15H24N2O4. The summed E-state index contributed by atoms with van der Waals surface area (Å²) in [5, 5.41) is 11.9. The minimum Gasteiger partial charge on any atom is -0.481 e. The van der Waals surface area contributed by atoms with Crippen LogP contribution in [-0.4, -0.2) is 28.9 Å². The highest BCUT2D eigenvalue weighted by Gasteiger charge is 2.42. The number of aliphatic carboxylic acids is 1. The van der Waals surface area contributed by atoms with E-state index in [0.717, 1.165) is 25.7 Å². The van der Waals surface area contributed by atoms with Gasteiger partial charge in [-0.25, -0.2) is 0 Å². The zero-order valence-corrected chi connectivity index (χ0v) is 12.2. The Labute approximate surface area is 124 Å². The van der Waals surface area contributed by atoms with Crippen LogP contribution < -0.4 is 11.1 Å². The molecule has 0 aromatic carbocycles. The molecule has 0 bridgehead atoms. The van der Waals surface area contributed by atoms with Gasteiger partial charge in [0.05, 0.1) is 11.8 Å². The molecule has 0 radical (unpaired) electrons. The predicted octanol–water partition coefficient (Wildman–Crippen LogP) is 1.04. The Kier molecular flexibility index (Phi) is 5.20. The lowest BCUT2D eigenvalue weighted by molar-refractivity contribution is -0.153. The van der Waals surface area contributed by atoms with Crippen molar-refractivity contribution in [3.8, 4) is 0 Å². The lowest BCUT2D eigenvalue weighted by Gasteiger charge is -2.36. The largest absolute Gasteiger partial charge is 0.481 e. The van der Waals surface area contributed by atoms with Gasteiger partial charge in [0.2, 0.25) is 11.8 Å². The summed E-state index contributed by atoms with van der Waals surface area (Å²) in [6, 6.07) is -0.245. The molecule has 0 aromatic heterocycles. The van der Waals surface area contributed by atoms with Gasteiger partial charge in [-0.05, 0) is 31.6 Å². The van der Waals surface area contributed by atoms with Crippen molar-refractivity contribution >= 4 is 17.8 Å². The number of primary amides is 1. The van der Waals surface area contributed by atoms with Crippen LogP contribution in [0.5, 0.6) is 0 Å². The third-order valence-electron chi connectivity index (χ3n) is 4.90. The third-order valence-corrected chi connectivity index (χ3v) is 4.90. The van der Waals surface area contributed by atoms with E-state index >= 15 is 0 Å². The molecule has 2 aliphatic carbocycles. The third kappa shape index (κ3) is 3.95. The van der Waals surface area contributed by atoms with Crippen LogP contribution in [0.1, 0.15) is 51.4 Å². The van der Waals surface area contributed by atoms with Crippen LogP contribution in [0.4, 0.5) is 0 Å². The molecular weight excluding hydrogens is 272 g/mol. The van der Waals surface area contributed by atoms with E-state index in [1.54, 1.807) is 0 Å². The topological polar surface area (TPSA) is 109 Å². The summed E-state index contributed by atoms with van der Waals surface area (Å²) in [7, 11) is 0. The molecule has 3 atom stereocenters. The normalized spacial score (nSPS) is 27.4. The fraction of sp³-hybridized carbons (Fsp3) is 0.800. The molecule has 0 heterocycles. The highest BCUT2D eigenvalue weighted by Crippen LogP contribution is 2.35. The minimum atomic E-state index is -0.912. The van der Waals surface area contributed by atoms with Crippen molar-refractivity contribution in [1.29, 1.82) is 0 Å². The molecule has 4 N–H and O–H groups in total. The lowest BCUT2D eigenvalue weighted by atomic mass is 9.72. The van der Waals surface area contributed by atoms with Gasteiger partial charge in [0.1, 0.15) is 0 Å². The first-order valence-corrected chi connectivity index (χ1v) is 7.80. The van der Waals surface area contributed by atoms with Gasteiger partial charge in [-0.2, -0.15) is 0 Å². The summed E-state index contributed by atoms with van der Waals surface area (Å²) in [5.74, 6) is -2.32. The van der Waals surface area contributed by atoms with E-state index in [9.17, 15) is 14.4 Å². The average Bonchev–Trinajstić information content (AvgIpc) is 2.36. The number of carboxylic acid groups (broad SMARTS) is 1. The molecule has 21 heavy (non-hydrogen) atoms. The Morgan fingerprint density at radius 2 is 1.67 bits per heavy atom. The molecule has 0 aromatic rings. The molecule has 2 aliphatic rings. The maximum atomic E-state index is 12.2. The molecule has 6 nitrogen and oxygen atoms in total. The van der Waals surface area contributed by atoms with Crippen LogP contribution in [0, 0.1) is 17.8 Å². The standard InChI is InChI=1S/C15H24N2O4/c16-13(18)8-12(9-4-2-1-3-5-9)17-14(19)10-6-7-11(10)15(20)21/h9-12H,1-8H2,(H2,16,18)(H,17,19)(H,20,21). The highest BCUT2D eigenvalue weighted by molar-refractivity contribution is 5.87. The number of carbonyl (C=O) groups is 3. The summed E-state index contributed by atoms with van der Waals surface area (Å²) in [6.07, 6.45) is 6.69. The number of carbonyl (C=O) groups excluding carboxylic acids is 2. The Bertz CT molecular complexity index is 418. The van der Waals surface area contributed by atoms with Gasteiger partial charge in [0, 0.05) is 12.5 Å². The van der Waals surface area contributed by atoms with Gasteiger partial charge in [-0.3, -0.25) is 14.4 Å². The maximum absolute atomic E-state index is 12.2. The van der Waals surface area contributed by atoms with Gasteiger partial charge in [0.25, 0.3) is 0 Å². The first-order chi connectivity index (χ1) is 9.99. The van der Waals surface area contributed by atoms with Crippen molar-refractivity contribution in [2.75, 3.05) is 0 Å². The second kappa shape index (κ2) is 6.91. The molecule has 2 rings (SSSR count). The molecule has 2 amide bonds. The molecule has 2 fully saturated rings. The Balaban J connectivity index is 1.95. The molecule has 6 heteroatoms. The smallest absolute Gasteiger partial charge is 0.307 e. The number of nitrogens with one attached hydrogen (secondary N) is 1. The average molecular weight is 296 g/mol. The number of hydrogen-bond acceptors (Lipinski definition) is 3. The van der Waals surface area contributed by atoms with E-state index in [0.29, 0.717) is 12.8 Å². The second-order valence-electron chi connectivity index (χ2n) is 6.31. The van der Waals surface area contributed by atoms with E-state index in [-0.39, 0.29) is 24.3 Å². The summed E-state index contributed by atoms with van der Waals surface area (Å²) >= 11 is 0. The van der Waals surface area contributed by atoms with E-state index in [1.165, 1.54) is 6.42 Å². The summed E-state index contributed by atoms with van der Waals surface area (Å²) < 4.78 is 0. The summed E-state index contributed by atoms with van der Waals surface area (Å²) in [5.41, 5.74) is 5.29. The van der Waals surface area contributed by atoms with E-state index in [2.05, 4.69) is 5.32 Å². The second-order valence-corrected chi connectivity index (χ2v) is 6.31. The SMILES string of the molecule is NC(=O)CC(NC(=O)C1CCC1C(=O)O)C1CCCCC1. The van der Waals surface area contributed by atoms with Crippen molar-refractivity contribution < 1.29 is 19.5 Å². The lowest BCUT2D eigenvalue weighted by Crippen LogP contribution is -2.50. The van der Waals surface area contributed by atoms with Crippen molar-refractivity contribution in [2.45, 2.75) is 57.4 Å². The van der Waals surface area contributed by atoms with Gasteiger partial charge < -0.3 is 16.2 Å². The summed E-state index contributed by atoms with van der Waals surface area (Å²) in [4.78, 5) is 34.5. The Morgan fingerprint density at radius 3 is 2.14 bits per heavy atom. The van der Waals surface area contributed by atoms with E-state index in [1.807, 2.05) is 0 Å². The van der Waals surface area contributed by atoms with Crippen LogP contribution in [0.3, 0.4) is 0 Å². The Morgan fingerprint density at radius 1 is 1.05 bits per heavy atom. The first kappa shape index (κ1) is 15.8.